The molecule has 1 amide bonds. The van der Waals surface area contributed by atoms with E-state index in [2.05, 4.69) is 0 Å². The second-order valence-corrected chi connectivity index (χ2v) is 4.55. The molecule has 0 aromatic heterocycles. The summed E-state index contributed by atoms with van der Waals surface area (Å²) in [6.45, 7) is 8.76. The number of carbonyl (C=O) groups is 1. The summed E-state index contributed by atoms with van der Waals surface area (Å²) in [5, 5.41) is 7.15. The van der Waals surface area contributed by atoms with E-state index in [1.807, 2.05) is 27.7 Å². The smallest absolute Gasteiger partial charge is 0.410 e. The van der Waals surface area contributed by atoms with Crippen LogP contribution in [0.15, 0.2) is 0 Å². The van der Waals surface area contributed by atoms with Crippen LogP contribution in [-0.2, 0) is 4.74 Å². The van der Waals surface area contributed by atoms with E-state index in [-0.39, 0.29) is 18.0 Å². The monoisotopic (exact) mass is 229 g/mol. The largest absolute Gasteiger partial charge is 0.447 e. The van der Waals surface area contributed by atoms with Gasteiger partial charge in [0.25, 0.3) is 0 Å². The van der Waals surface area contributed by atoms with E-state index < -0.39 is 0 Å². The number of hydrogen-bond acceptors (Lipinski definition) is 3. The molecule has 0 heterocycles. The maximum Gasteiger partial charge on any atom is 0.410 e. The van der Waals surface area contributed by atoms with Crippen LogP contribution in [0, 0.1) is 11.3 Å². The molecular formula is C11H23N3O2. The van der Waals surface area contributed by atoms with Gasteiger partial charge in [0.15, 0.2) is 0 Å². The second-order valence-electron chi connectivity index (χ2n) is 4.55. The van der Waals surface area contributed by atoms with E-state index in [4.69, 9.17) is 15.9 Å². The van der Waals surface area contributed by atoms with Crippen molar-refractivity contribution in [1.82, 2.24) is 4.90 Å². The Morgan fingerprint density at radius 2 is 1.94 bits per heavy atom. The fraction of sp³-hybridized carbons (Fsp3) is 0.818. The van der Waals surface area contributed by atoms with Crippen molar-refractivity contribution in [1.29, 1.82) is 5.41 Å². The highest BCUT2D eigenvalue weighted by atomic mass is 16.6. The number of carbonyl (C=O) groups excluding carboxylic acids is 1. The molecule has 0 aliphatic heterocycles. The van der Waals surface area contributed by atoms with Gasteiger partial charge in [0.05, 0.1) is 11.9 Å². The molecule has 5 nitrogen and oxygen atoms in total. The number of hydrogen-bond donors (Lipinski definition) is 2. The molecule has 0 spiro atoms. The van der Waals surface area contributed by atoms with Gasteiger partial charge < -0.3 is 15.4 Å². The third-order valence-corrected chi connectivity index (χ3v) is 1.83. The number of nitrogens with one attached hydrogen (secondary N) is 1. The summed E-state index contributed by atoms with van der Waals surface area (Å²) >= 11 is 0. The highest BCUT2D eigenvalue weighted by Gasteiger charge is 2.17. The van der Waals surface area contributed by atoms with Gasteiger partial charge in [0.1, 0.15) is 0 Å². The third kappa shape index (κ3) is 7.09. The first-order valence-electron chi connectivity index (χ1n) is 5.61. The average Bonchev–Trinajstić information content (AvgIpc) is 2.09. The standard InChI is InChI=1S/C11H23N3O2/c1-8(2)7-14(6-5-10(12)13)11(15)16-9(3)4/h8-9H,5-7H2,1-4H3,(H3,12,13). The topological polar surface area (TPSA) is 79.4 Å². The highest BCUT2D eigenvalue weighted by Crippen LogP contribution is 2.04. The lowest BCUT2D eigenvalue weighted by Gasteiger charge is -2.24. The molecule has 5 heteroatoms. The quantitative estimate of drug-likeness (QED) is 0.538. The fourth-order valence-electron chi connectivity index (χ4n) is 1.23. The molecule has 0 aromatic rings. The van der Waals surface area contributed by atoms with Gasteiger partial charge >= 0.3 is 6.09 Å². The normalized spacial score (nSPS) is 10.6. The number of ether oxygens (including phenoxy) is 1. The lowest BCUT2D eigenvalue weighted by Crippen LogP contribution is -2.38. The van der Waals surface area contributed by atoms with Gasteiger partial charge in [-0.25, -0.2) is 4.79 Å². The highest BCUT2D eigenvalue weighted by molar-refractivity contribution is 5.77. The van der Waals surface area contributed by atoms with Gasteiger partial charge in [0, 0.05) is 19.5 Å². The summed E-state index contributed by atoms with van der Waals surface area (Å²) in [5.74, 6) is 0.456. The van der Waals surface area contributed by atoms with Gasteiger partial charge in [-0.1, -0.05) is 13.8 Å². The first-order valence-corrected chi connectivity index (χ1v) is 5.61. The van der Waals surface area contributed by atoms with E-state index in [1.165, 1.54) is 0 Å². The molecule has 0 aromatic carbocycles. The van der Waals surface area contributed by atoms with Crippen LogP contribution < -0.4 is 5.73 Å². The molecular weight excluding hydrogens is 206 g/mol. The fourth-order valence-corrected chi connectivity index (χ4v) is 1.23. The number of nitrogens with two attached hydrogens (primary N) is 1. The van der Waals surface area contributed by atoms with E-state index >= 15 is 0 Å². The van der Waals surface area contributed by atoms with Crippen molar-refractivity contribution in [3.63, 3.8) is 0 Å². The Morgan fingerprint density at radius 3 is 2.31 bits per heavy atom. The van der Waals surface area contributed by atoms with Crippen LogP contribution >= 0.6 is 0 Å². The summed E-state index contributed by atoms with van der Waals surface area (Å²) in [6.07, 6.45) is -0.0654. The molecule has 3 N–H and O–H groups in total. The zero-order chi connectivity index (χ0) is 12.7. The zero-order valence-electron chi connectivity index (χ0n) is 10.6. The Hall–Kier alpha value is -1.26. The lowest BCUT2D eigenvalue weighted by atomic mass is 10.2. The molecule has 0 saturated heterocycles. The maximum atomic E-state index is 11.7. The predicted octanol–water partition coefficient (Wildman–Crippen LogP) is 1.82. The first-order chi connectivity index (χ1) is 7.32. The SMILES string of the molecule is CC(C)CN(CCC(=N)N)C(=O)OC(C)C. The van der Waals surface area contributed by atoms with Crippen LogP contribution in [0.2, 0.25) is 0 Å². The summed E-state index contributed by atoms with van der Waals surface area (Å²) in [7, 11) is 0. The first kappa shape index (κ1) is 14.7. The van der Waals surface area contributed by atoms with Crippen molar-refractivity contribution >= 4 is 11.9 Å². The average molecular weight is 229 g/mol. The third-order valence-electron chi connectivity index (χ3n) is 1.83. The van der Waals surface area contributed by atoms with Crippen molar-refractivity contribution < 1.29 is 9.53 Å². The molecule has 0 saturated carbocycles. The molecule has 0 aliphatic rings. The Balaban J connectivity index is 4.28. The minimum Gasteiger partial charge on any atom is -0.447 e. The van der Waals surface area contributed by atoms with Crippen LogP contribution in [0.3, 0.4) is 0 Å². The minimum absolute atomic E-state index is 0.0890. The van der Waals surface area contributed by atoms with Crippen LogP contribution in [-0.4, -0.2) is 36.0 Å². The summed E-state index contributed by atoms with van der Waals surface area (Å²) in [5.41, 5.74) is 5.28. The van der Waals surface area contributed by atoms with Gasteiger partial charge in [0.2, 0.25) is 0 Å². The molecule has 0 radical (unpaired) electrons. The molecule has 0 unspecified atom stereocenters. The van der Waals surface area contributed by atoms with Gasteiger partial charge in [-0.2, -0.15) is 0 Å². The Morgan fingerprint density at radius 1 is 1.38 bits per heavy atom. The Bertz CT molecular complexity index is 239. The van der Waals surface area contributed by atoms with Crippen LogP contribution in [0.4, 0.5) is 4.79 Å². The number of amidine groups is 1. The Kier molecular flexibility index (Phi) is 6.53. The second kappa shape index (κ2) is 7.09. The lowest BCUT2D eigenvalue weighted by molar-refractivity contribution is 0.0741. The molecule has 94 valence electrons. The van der Waals surface area contributed by atoms with Gasteiger partial charge in [-0.05, 0) is 19.8 Å². The van der Waals surface area contributed by atoms with Crippen LogP contribution in [0.25, 0.3) is 0 Å². The zero-order valence-corrected chi connectivity index (χ0v) is 10.6. The summed E-state index contributed by atoms with van der Waals surface area (Å²) < 4.78 is 5.12. The molecule has 0 fully saturated rings. The van der Waals surface area contributed by atoms with Gasteiger partial charge in [-0.15, -0.1) is 0 Å². The van der Waals surface area contributed by atoms with E-state index in [0.29, 0.717) is 25.4 Å². The van der Waals surface area contributed by atoms with Crippen molar-refractivity contribution in [3.05, 3.63) is 0 Å². The number of rotatable bonds is 6. The molecule has 0 bridgehead atoms. The van der Waals surface area contributed by atoms with Crippen molar-refractivity contribution in [2.45, 2.75) is 40.2 Å². The van der Waals surface area contributed by atoms with E-state index in [1.54, 1.807) is 4.90 Å². The van der Waals surface area contributed by atoms with E-state index in [9.17, 15) is 4.79 Å². The van der Waals surface area contributed by atoms with Crippen molar-refractivity contribution in [3.8, 4) is 0 Å². The molecule has 0 rings (SSSR count). The van der Waals surface area contributed by atoms with E-state index in [0.717, 1.165) is 0 Å². The van der Waals surface area contributed by atoms with Crippen molar-refractivity contribution in [2.75, 3.05) is 13.1 Å². The maximum absolute atomic E-state index is 11.7. The molecule has 16 heavy (non-hydrogen) atoms. The molecule has 0 aliphatic carbocycles. The summed E-state index contributed by atoms with van der Waals surface area (Å²) in [4.78, 5) is 13.3. The number of amides is 1. The van der Waals surface area contributed by atoms with Crippen molar-refractivity contribution in [2.24, 2.45) is 11.7 Å². The number of nitrogens with zero attached hydrogens (tertiary/aromatic N) is 1. The Labute approximate surface area is 97.4 Å². The van der Waals surface area contributed by atoms with Gasteiger partial charge in [-0.3, -0.25) is 5.41 Å². The minimum atomic E-state index is -0.329. The predicted molar refractivity (Wildman–Crippen MR) is 64.6 cm³/mol. The van der Waals surface area contributed by atoms with Crippen LogP contribution in [0.5, 0.6) is 0 Å². The summed E-state index contributed by atoms with van der Waals surface area (Å²) in [6, 6.07) is 0. The van der Waals surface area contributed by atoms with Crippen LogP contribution in [0.1, 0.15) is 34.1 Å². The molecule has 0 atom stereocenters.